The van der Waals surface area contributed by atoms with Crippen molar-refractivity contribution in [2.75, 3.05) is 0 Å². The Morgan fingerprint density at radius 3 is 1.95 bits per heavy atom. The van der Waals surface area contributed by atoms with Crippen molar-refractivity contribution in [3.05, 3.63) is 0 Å². The molecule has 4 bridgehead atoms. The number of carbonyl (C=O) groups is 1. The van der Waals surface area contributed by atoms with E-state index in [4.69, 9.17) is 0 Å². The normalized spacial score (nSPS) is 45.5. The Bertz CT molecular complexity index is 407. The van der Waals surface area contributed by atoms with Gasteiger partial charge in [-0.3, -0.25) is 4.79 Å². The van der Waals surface area contributed by atoms with Crippen LogP contribution in [0.4, 0.5) is 0 Å². The Hall–Kier alpha value is -0.840. The molecule has 0 aromatic heterocycles. The van der Waals surface area contributed by atoms with E-state index in [1.54, 1.807) is 0 Å². The van der Waals surface area contributed by atoms with Gasteiger partial charge in [0.2, 0.25) is 0 Å². The molecule has 0 radical (unpaired) electrons. The van der Waals surface area contributed by atoms with Gasteiger partial charge in [-0.15, -0.1) is 0 Å². The van der Waals surface area contributed by atoms with E-state index in [-0.39, 0.29) is 17.3 Å². The Kier molecular flexibility index (Phi) is 2.56. The quantitative estimate of drug-likeness (QED) is 0.773. The second-order valence-electron chi connectivity index (χ2n) is 7.87. The van der Waals surface area contributed by atoms with E-state index < -0.39 is 0 Å². The van der Waals surface area contributed by atoms with E-state index >= 15 is 0 Å². The first-order valence-electron chi connectivity index (χ1n) is 8.13. The third kappa shape index (κ3) is 1.70. The predicted molar refractivity (Wildman–Crippen MR) is 72.1 cm³/mol. The summed E-state index contributed by atoms with van der Waals surface area (Å²) in [5, 5.41) is 9.65. The SMILES string of the molecule is N#CC(C(=O)C1CCC1)C12CC3CC(CC(C3)C1)C2. The van der Waals surface area contributed by atoms with Crippen LogP contribution in [-0.2, 0) is 4.79 Å². The molecule has 0 amide bonds. The molecule has 0 aromatic rings. The first-order chi connectivity index (χ1) is 9.20. The van der Waals surface area contributed by atoms with Crippen LogP contribution in [0.15, 0.2) is 0 Å². The molecule has 0 spiro atoms. The van der Waals surface area contributed by atoms with E-state index in [0.717, 1.165) is 30.6 Å². The van der Waals surface area contributed by atoms with Crippen molar-refractivity contribution in [1.82, 2.24) is 0 Å². The summed E-state index contributed by atoms with van der Waals surface area (Å²) in [6.45, 7) is 0. The molecule has 0 aliphatic heterocycles. The van der Waals surface area contributed by atoms with Gasteiger partial charge in [0.25, 0.3) is 0 Å². The van der Waals surface area contributed by atoms with Crippen LogP contribution in [0.2, 0.25) is 0 Å². The van der Waals surface area contributed by atoms with Crippen molar-refractivity contribution >= 4 is 5.78 Å². The lowest BCUT2D eigenvalue weighted by molar-refractivity contribution is -0.140. The third-order valence-corrected chi connectivity index (χ3v) is 6.62. The average molecular weight is 257 g/mol. The number of ketones is 1. The molecule has 1 atom stereocenters. The summed E-state index contributed by atoms with van der Waals surface area (Å²) in [5.41, 5.74) is 0.0934. The zero-order chi connectivity index (χ0) is 13.0. The summed E-state index contributed by atoms with van der Waals surface area (Å²) in [7, 11) is 0. The molecular formula is C17H23NO. The van der Waals surface area contributed by atoms with Gasteiger partial charge in [0.05, 0.1) is 6.07 Å². The standard InChI is InChI=1S/C17H23NO/c18-10-15(16(19)14-2-1-3-14)17-7-11-4-12(8-17)6-13(5-11)9-17/h11-15H,1-9H2. The van der Waals surface area contributed by atoms with Crippen LogP contribution in [0.5, 0.6) is 0 Å². The van der Waals surface area contributed by atoms with Crippen LogP contribution in [-0.4, -0.2) is 5.78 Å². The molecule has 0 saturated heterocycles. The molecule has 19 heavy (non-hydrogen) atoms. The van der Waals surface area contributed by atoms with Crippen molar-refractivity contribution in [2.45, 2.75) is 57.8 Å². The Morgan fingerprint density at radius 2 is 1.58 bits per heavy atom. The van der Waals surface area contributed by atoms with Crippen LogP contribution in [0.1, 0.15) is 57.8 Å². The maximum Gasteiger partial charge on any atom is 0.153 e. The predicted octanol–water partition coefficient (Wildman–Crippen LogP) is 3.71. The van der Waals surface area contributed by atoms with E-state index in [9.17, 15) is 10.1 Å². The lowest BCUT2D eigenvalue weighted by Crippen LogP contribution is -2.52. The number of nitriles is 1. The summed E-state index contributed by atoms with van der Waals surface area (Å²) in [4.78, 5) is 12.6. The second-order valence-corrected chi connectivity index (χ2v) is 7.87. The van der Waals surface area contributed by atoms with Gasteiger partial charge >= 0.3 is 0 Å². The molecule has 5 aliphatic carbocycles. The molecule has 5 aliphatic rings. The first-order valence-corrected chi connectivity index (χ1v) is 8.13. The number of Topliss-reactive ketones (excluding diaryl/α,β-unsaturated/α-hetero) is 1. The first kappa shape index (κ1) is 11.9. The topological polar surface area (TPSA) is 40.9 Å². The zero-order valence-corrected chi connectivity index (χ0v) is 11.6. The summed E-state index contributed by atoms with van der Waals surface area (Å²) in [6.07, 6.45) is 11.0. The number of hydrogen-bond acceptors (Lipinski definition) is 2. The molecule has 0 heterocycles. The lowest BCUT2D eigenvalue weighted by atomic mass is 9.45. The van der Waals surface area contributed by atoms with Crippen molar-refractivity contribution in [1.29, 1.82) is 5.26 Å². The van der Waals surface area contributed by atoms with E-state index in [2.05, 4.69) is 6.07 Å². The van der Waals surface area contributed by atoms with Crippen LogP contribution in [0.25, 0.3) is 0 Å². The van der Waals surface area contributed by atoms with Crippen molar-refractivity contribution in [3.63, 3.8) is 0 Å². The molecule has 5 fully saturated rings. The van der Waals surface area contributed by atoms with Gasteiger partial charge in [0, 0.05) is 5.92 Å². The molecule has 5 rings (SSSR count). The highest BCUT2D eigenvalue weighted by Crippen LogP contribution is 2.63. The molecule has 0 aromatic carbocycles. The summed E-state index contributed by atoms with van der Waals surface area (Å²) in [5.74, 6) is 2.77. The van der Waals surface area contributed by atoms with E-state index in [1.165, 1.54) is 44.9 Å². The van der Waals surface area contributed by atoms with Crippen LogP contribution in [0, 0.1) is 46.3 Å². The van der Waals surface area contributed by atoms with Gasteiger partial charge in [0.1, 0.15) is 5.92 Å². The molecule has 5 saturated carbocycles. The minimum Gasteiger partial charge on any atom is -0.298 e. The minimum atomic E-state index is -0.272. The summed E-state index contributed by atoms with van der Waals surface area (Å²) in [6, 6.07) is 2.46. The van der Waals surface area contributed by atoms with E-state index in [0.29, 0.717) is 5.78 Å². The van der Waals surface area contributed by atoms with Gasteiger partial charge in [-0.25, -0.2) is 0 Å². The van der Waals surface area contributed by atoms with Crippen molar-refractivity contribution < 1.29 is 4.79 Å². The number of rotatable bonds is 3. The summed E-state index contributed by atoms with van der Waals surface area (Å²) < 4.78 is 0. The van der Waals surface area contributed by atoms with Crippen molar-refractivity contribution in [2.24, 2.45) is 35.0 Å². The van der Waals surface area contributed by atoms with Gasteiger partial charge in [-0.05, 0) is 74.5 Å². The molecule has 2 heteroatoms. The van der Waals surface area contributed by atoms with Crippen LogP contribution >= 0.6 is 0 Å². The third-order valence-electron chi connectivity index (χ3n) is 6.62. The molecule has 102 valence electrons. The highest BCUT2D eigenvalue weighted by molar-refractivity contribution is 5.87. The van der Waals surface area contributed by atoms with Crippen molar-refractivity contribution in [3.8, 4) is 6.07 Å². The lowest BCUT2D eigenvalue weighted by Gasteiger charge is -2.58. The van der Waals surface area contributed by atoms with Gasteiger partial charge in [-0.1, -0.05) is 6.42 Å². The van der Waals surface area contributed by atoms with Crippen LogP contribution in [0.3, 0.4) is 0 Å². The van der Waals surface area contributed by atoms with E-state index in [1.807, 2.05) is 0 Å². The van der Waals surface area contributed by atoms with Gasteiger partial charge < -0.3 is 0 Å². The Labute approximate surface area is 115 Å². The summed E-state index contributed by atoms with van der Waals surface area (Å²) >= 11 is 0. The molecule has 2 nitrogen and oxygen atoms in total. The fourth-order valence-electron chi connectivity index (χ4n) is 5.96. The maximum atomic E-state index is 12.6. The monoisotopic (exact) mass is 257 g/mol. The minimum absolute atomic E-state index is 0.0934. The molecular weight excluding hydrogens is 234 g/mol. The fourth-order valence-corrected chi connectivity index (χ4v) is 5.96. The largest absolute Gasteiger partial charge is 0.298 e. The smallest absolute Gasteiger partial charge is 0.153 e. The highest BCUT2D eigenvalue weighted by Gasteiger charge is 2.56. The second kappa shape index (κ2) is 4.08. The Morgan fingerprint density at radius 1 is 1.05 bits per heavy atom. The van der Waals surface area contributed by atoms with Gasteiger partial charge in [0.15, 0.2) is 5.78 Å². The molecule has 0 N–H and O–H groups in total. The number of hydrogen-bond donors (Lipinski definition) is 0. The maximum absolute atomic E-state index is 12.6. The zero-order valence-electron chi connectivity index (χ0n) is 11.6. The highest BCUT2D eigenvalue weighted by atomic mass is 16.1. The van der Waals surface area contributed by atoms with Gasteiger partial charge in [-0.2, -0.15) is 5.26 Å². The molecule has 1 unspecified atom stereocenters. The average Bonchev–Trinajstić information content (AvgIpc) is 2.24. The Balaban J connectivity index is 1.62. The number of carbonyl (C=O) groups excluding carboxylic acids is 1. The fraction of sp³-hybridized carbons (Fsp3) is 0.882. The van der Waals surface area contributed by atoms with Crippen LogP contribution < -0.4 is 0 Å². The number of nitrogens with zero attached hydrogens (tertiary/aromatic N) is 1.